The summed E-state index contributed by atoms with van der Waals surface area (Å²) in [5, 5.41) is 9.17. The third-order valence-corrected chi connectivity index (χ3v) is 2.74. The van der Waals surface area contributed by atoms with Crippen molar-refractivity contribution in [3.63, 3.8) is 0 Å². The van der Waals surface area contributed by atoms with Gasteiger partial charge in [-0.25, -0.2) is 9.97 Å². The summed E-state index contributed by atoms with van der Waals surface area (Å²) in [5.74, 6) is -0.525. The number of rotatable bonds is 2. The van der Waals surface area contributed by atoms with Crippen LogP contribution in [0.5, 0.6) is 0 Å². The van der Waals surface area contributed by atoms with Gasteiger partial charge in [-0.05, 0) is 6.42 Å². The number of carboxylic acid groups (broad SMARTS) is 1. The zero-order chi connectivity index (χ0) is 10.8. The molecule has 0 spiro atoms. The molecule has 2 rings (SSSR count). The van der Waals surface area contributed by atoms with E-state index in [2.05, 4.69) is 9.97 Å². The van der Waals surface area contributed by atoms with Crippen LogP contribution in [0.3, 0.4) is 0 Å². The lowest BCUT2D eigenvalue weighted by Crippen LogP contribution is -2.23. The van der Waals surface area contributed by atoms with Gasteiger partial charge in [0.25, 0.3) is 0 Å². The Bertz CT molecular complexity index is 385. The highest BCUT2D eigenvalue weighted by Crippen LogP contribution is 2.26. The van der Waals surface area contributed by atoms with E-state index in [-0.39, 0.29) is 5.92 Å². The van der Waals surface area contributed by atoms with Gasteiger partial charge in [-0.2, -0.15) is 0 Å². The summed E-state index contributed by atoms with van der Waals surface area (Å²) in [6.07, 6.45) is 3.69. The van der Waals surface area contributed by atoms with Crippen molar-refractivity contribution in [3.05, 3.63) is 17.5 Å². The number of nitrogens with zero attached hydrogens (tertiary/aromatic N) is 3. The largest absolute Gasteiger partial charge is 0.481 e. The van der Waals surface area contributed by atoms with E-state index in [1.54, 1.807) is 6.20 Å². The van der Waals surface area contributed by atoms with Crippen LogP contribution in [-0.2, 0) is 4.79 Å². The lowest BCUT2D eigenvalue weighted by atomic mass is 10.1. The van der Waals surface area contributed by atoms with E-state index in [9.17, 15) is 4.79 Å². The number of halogens is 1. The molecule has 0 amide bonds. The first-order chi connectivity index (χ1) is 7.18. The Morgan fingerprint density at radius 2 is 2.27 bits per heavy atom. The molecule has 0 aromatic carbocycles. The minimum atomic E-state index is -0.766. The monoisotopic (exact) mass is 227 g/mol. The van der Waals surface area contributed by atoms with Gasteiger partial charge in [-0.1, -0.05) is 11.6 Å². The summed E-state index contributed by atoms with van der Waals surface area (Å²) in [4.78, 5) is 20.6. The molecule has 1 fully saturated rings. The molecule has 2 heterocycles. The van der Waals surface area contributed by atoms with Gasteiger partial charge in [0, 0.05) is 25.5 Å². The maximum atomic E-state index is 10.8. The van der Waals surface area contributed by atoms with Crippen LogP contribution in [0, 0.1) is 5.92 Å². The molecule has 80 valence electrons. The summed E-state index contributed by atoms with van der Waals surface area (Å²) in [6.45, 7) is 1.11. The minimum Gasteiger partial charge on any atom is -0.481 e. The average Bonchev–Trinajstić information content (AvgIpc) is 2.67. The molecule has 0 bridgehead atoms. The molecule has 15 heavy (non-hydrogen) atoms. The van der Waals surface area contributed by atoms with Crippen LogP contribution in [0.2, 0.25) is 5.15 Å². The smallest absolute Gasteiger partial charge is 0.308 e. The molecule has 1 saturated heterocycles. The number of hydrogen-bond acceptors (Lipinski definition) is 4. The average molecular weight is 228 g/mol. The van der Waals surface area contributed by atoms with Crippen molar-refractivity contribution in [3.8, 4) is 0 Å². The van der Waals surface area contributed by atoms with Crippen LogP contribution in [0.4, 0.5) is 5.82 Å². The minimum absolute atomic E-state index is 0.323. The first-order valence-electron chi connectivity index (χ1n) is 4.62. The van der Waals surface area contributed by atoms with E-state index in [0.29, 0.717) is 30.5 Å². The number of hydrogen-bond donors (Lipinski definition) is 1. The van der Waals surface area contributed by atoms with E-state index in [1.165, 1.54) is 6.20 Å². The van der Waals surface area contributed by atoms with Crippen molar-refractivity contribution in [2.45, 2.75) is 6.42 Å². The first-order valence-corrected chi connectivity index (χ1v) is 5.00. The Hall–Kier alpha value is -1.36. The lowest BCUT2D eigenvalue weighted by molar-refractivity contribution is -0.140. The van der Waals surface area contributed by atoms with Gasteiger partial charge in [0.05, 0.1) is 5.92 Å². The molecule has 0 unspecified atom stereocenters. The van der Waals surface area contributed by atoms with Gasteiger partial charge in [-0.3, -0.25) is 4.79 Å². The second-order valence-electron chi connectivity index (χ2n) is 3.44. The highest BCUT2D eigenvalue weighted by atomic mass is 35.5. The van der Waals surface area contributed by atoms with Gasteiger partial charge < -0.3 is 10.0 Å². The summed E-state index contributed by atoms with van der Waals surface area (Å²) < 4.78 is 0. The fourth-order valence-electron chi connectivity index (χ4n) is 1.68. The highest BCUT2D eigenvalue weighted by molar-refractivity contribution is 6.31. The zero-order valence-corrected chi connectivity index (χ0v) is 8.68. The standard InChI is InChI=1S/C9H10ClN3O2/c10-7-8(12-3-2-11-7)13-4-1-6(5-13)9(14)15/h2-3,6H,1,4-5H2,(H,14,15)/t6-/m0/s1. The molecular formula is C9H10ClN3O2. The van der Waals surface area contributed by atoms with Crippen LogP contribution in [0.25, 0.3) is 0 Å². The third-order valence-electron chi connectivity index (χ3n) is 2.47. The number of carbonyl (C=O) groups is 1. The third kappa shape index (κ3) is 2.02. The molecule has 1 aromatic rings. The van der Waals surface area contributed by atoms with E-state index < -0.39 is 5.97 Å². The second-order valence-corrected chi connectivity index (χ2v) is 3.80. The molecule has 0 radical (unpaired) electrons. The van der Waals surface area contributed by atoms with Crippen molar-refractivity contribution in [1.29, 1.82) is 0 Å². The van der Waals surface area contributed by atoms with E-state index in [4.69, 9.17) is 16.7 Å². The van der Waals surface area contributed by atoms with Crippen LogP contribution in [0.15, 0.2) is 12.4 Å². The Morgan fingerprint density at radius 3 is 2.87 bits per heavy atom. The van der Waals surface area contributed by atoms with Crippen molar-refractivity contribution < 1.29 is 9.90 Å². The van der Waals surface area contributed by atoms with Crippen LogP contribution >= 0.6 is 11.6 Å². The van der Waals surface area contributed by atoms with Gasteiger partial charge in [-0.15, -0.1) is 0 Å². The Balaban J connectivity index is 2.14. The highest BCUT2D eigenvalue weighted by Gasteiger charge is 2.29. The van der Waals surface area contributed by atoms with Crippen molar-refractivity contribution in [2.24, 2.45) is 5.92 Å². The summed E-state index contributed by atoms with van der Waals surface area (Å²) in [7, 11) is 0. The van der Waals surface area contributed by atoms with Crippen molar-refractivity contribution in [1.82, 2.24) is 9.97 Å². The topological polar surface area (TPSA) is 66.3 Å². The molecule has 1 aliphatic rings. The van der Waals surface area contributed by atoms with Crippen LogP contribution in [0.1, 0.15) is 6.42 Å². The van der Waals surface area contributed by atoms with Crippen molar-refractivity contribution >= 4 is 23.4 Å². The fourth-order valence-corrected chi connectivity index (χ4v) is 1.90. The van der Waals surface area contributed by atoms with E-state index in [0.717, 1.165) is 0 Å². The van der Waals surface area contributed by atoms with E-state index >= 15 is 0 Å². The summed E-state index contributed by atoms with van der Waals surface area (Å²) in [5.41, 5.74) is 0. The molecule has 1 aliphatic heterocycles. The summed E-state index contributed by atoms with van der Waals surface area (Å²) in [6, 6.07) is 0. The van der Waals surface area contributed by atoms with Gasteiger partial charge in [0.15, 0.2) is 11.0 Å². The lowest BCUT2D eigenvalue weighted by Gasteiger charge is -2.16. The quantitative estimate of drug-likeness (QED) is 0.818. The molecule has 5 nitrogen and oxygen atoms in total. The fraction of sp³-hybridized carbons (Fsp3) is 0.444. The van der Waals surface area contributed by atoms with Gasteiger partial charge >= 0.3 is 5.97 Å². The van der Waals surface area contributed by atoms with Gasteiger partial charge in [0.1, 0.15) is 0 Å². The number of aromatic nitrogens is 2. The molecule has 0 aliphatic carbocycles. The Kier molecular flexibility index (Phi) is 2.73. The number of carboxylic acids is 1. The molecule has 0 saturated carbocycles. The Morgan fingerprint density at radius 1 is 1.53 bits per heavy atom. The maximum Gasteiger partial charge on any atom is 0.308 e. The molecule has 6 heteroatoms. The molecular weight excluding hydrogens is 218 g/mol. The molecule has 1 N–H and O–H groups in total. The normalized spacial score (nSPS) is 20.6. The van der Waals surface area contributed by atoms with E-state index in [1.807, 2.05) is 4.90 Å². The van der Waals surface area contributed by atoms with Crippen molar-refractivity contribution in [2.75, 3.05) is 18.0 Å². The zero-order valence-electron chi connectivity index (χ0n) is 7.93. The summed E-state index contributed by atoms with van der Waals surface area (Å²) >= 11 is 5.87. The van der Waals surface area contributed by atoms with Crippen LogP contribution < -0.4 is 4.90 Å². The SMILES string of the molecule is O=C(O)[C@H]1CCN(c2nccnc2Cl)C1. The Labute approximate surface area is 91.7 Å². The predicted octanol–water partition coefficient (Wildman–Crippen LogP) is 1.04. The van der Waals surface area contributed by atoms with Gasteiger partial charge in [0.2, 0.25) is 0 Å². The molecule has 1 atom stereocenters. The second kappa shape index (κ2) is 4.02. The van der Waals surface area contributed by atoms with Crippen LogP contribution in [-0.4, -0.2) is 34.1 Å². The number of aliphatic carboxylic acids is 1. The maximum absolute atomic E-state index is 10.8. The molecule has 1 aromatic heterocycles. The predicted molar refractivity (Wildman–Crippen MR) is 55.0 cm³/mol. The first kappa shape index (κ1) is 10.2. The number of anilines is 1.